The summed E-state index contributed by atoms with van der Waals surface area (Å²) < 4.78 is 37.9. The van der Waals surface area contributed by atoms with Gasteiger partial charge in [-0.05, 0) is 6.42 Å². The van der Waals surface area contributed by atoms with E-state index in [9.17, 15) is 13.2 Å². The molecule has 108 valence electrons. The lowest BCUT2D eigenvalue weighted by Crippen LogP contribution is -2.23. The summed E-state index contributed by atoms with van der Waals surface area (Å²) in [4.78, 5) is 8.49. The third kappa shape index (κ3) is 4.55. The zero-order valence-corrected chi connectivity index (χ0v) is 11.0. The Balaban J connectivity index is 2.93. The minimum absolute atomic E-state index is 0.0559. The van der Waals surface area contributed by atoms with E-state index in [0.29, 0.717) is 6.54 Å². The van der Waals surface area contributed by atoms with Crippen molar-refractivity contribution in [3.8, 4) is 0 Å². The van der Waals surface area contributed by atoms with Crippen molar-refractivity contribution in [2.45, 2.75) is 32.4 Å². The molecule has 3 N–H and O–H groups in total. The van der Waals surface area contributed by atoms with E-state index in [4.69, 9.17) is 5.84 Å². The van der Waals surface area contributed by atoms with Crippen LogP contribution in [0.25, 0.3) is 0 Å². The predicted molar refractivity (Wildman–Crippen MR) is 67.6 cm³/mol. The van der Waals surface area contributed by atoms with Crippen LogP contribution in [-0.2, 0) is 6.18 Å². The van der Waals surface area contributed by atoms with Crippen molar-refractivity contribution in [2.75, 3.05) is 23.9 Å². The molecule has 0 unspecified atom stereocenters. The first-order valence-corrected chi connectivity index (χ1v) is 6.02. The van der Waals surface area contributed by atoms with E-state index < -0.39 is 12.0 Å². The molecular formula is C11H18F3N5. The maximum Gasteiger partial charge on any atom is 0.451 e. The molecule has 5 nitrogen and oxygen atoms in total. The van der Waals surface area contributed by atoms with Crippen molar-refractivity contribution in [2.24, 2.45) is 5.84 Å². The van der Waals surface area contributed by atoms with Crippen molar-refractivity contribution in [3.05, 3.63) is 11.9 Å². The SMILES string of the molecule is CCCCCN(C)c1cc(NN)nc(C(F)(F)F)n1. The van der Waals surface area contributed by atoms with Crippen LogP contribution in [-0.4, -0.2) is 23.6 Å². The molecule has 8 heteroatoms. The quantitative estimate of drug-likeness (QED) is 0.475. The molecule has 0 saturated heterocycles. The van der Waals surface area contributed by atoms with Crippen LogP contribution in [0.1, 0.15) is 32.0 Å². The molecule has 19 heavy (non-hydrogen) atoms. The summed E-state index contributed by atoms with van der Waals surface area (Å²) >= 11 is 0. The molecule has 1 aromatic rings. The highest BCUT2D eigenvalue weighted by Crippen LogP contribution is 2.28. The summed E-state index contributed by atoms with van der Waals surface area (Å²) in [5.41, 5.74) is 2.12. The third-order valence-electron chi connectivity index (χ3n) is 2.60. The summed E-state index contributed by atoms with van der Waals surface area (Å²) in [5.74, 6) is 4.08. The highest BCUT2D eigenvalue weighted by atomic mass is 19.4. The first-order chi connectivity index (χ1) is 8.88. The Kier molecular flexibility index (Phi) is 5.34. The standard InChI is InChI=1S/C11H18F3N5/c1-3-4-5-6-19(2)9-7-8(18-15)16-10(17-9)11(12,13)14/h7H,3-6,15H2,1-2H3,(H,16,17,18). The normalized spacial score (nSPS) is 11.5. The maximum absolute atomic E-state index is 12.6. The van der Waals surface area contributed by atoms with Gasteiger partial charge in [0.25, 0.3) is 0 Å². The van der Waals surface area contributed by atoms with Gasteiger partial charge in [0.2, 0.25) is 5.82 Å². The molecule has 0 atom stereocenters. The number of nitrogens with zero attached hydrogens (tertiary/aromatic N) is 3. The molecule has 0 fully saturated rings. The highest BCUT2D eigenvalue weighted by molar-refractivity contribution is 5.48. The Hall–Kier alpha value is -1.57. The molecule has 1 heterocycles. The van der Waals surface area contributed by atoms with Gasteiger partial charge in [0.1, 0.15) is 11.6 Å². The van der Waals surface area contributed by atoms with Gasteiger partial charge < -0.3 is 10.3 Å². The van der Waals surface area contributed by atoms with Gasteiger partial charge in [-0.15, -0.1) is 0 Å². The number of hydrazine groups is 1. The number of nitrogen functional groups attached to an aromatic ring is 1. The van der Waals surface area contributed by atoms with Gasteiger partial charge in [0, 0.05) is 19.7 Å². The Labute approximate surface area is 110 Å². The van der Waals surface area contributed by atoms with Crippen LogP contribution >= 0.6 is 0 Å². The zero-order chi connectivity index (χ0) is 14.5. The molecule has 0 aliphatic rings. The Bertz CT molecular complexity index is 408. The van der Waals surface area contributed by atoms with Gasteiger partial charge in [-0.25, -0.2) is 15.8 Å². The predicted octanol–water partition coefficient (Wildman–Crippen LogP) is 2.41. The van der Waals surface area contributed by atoms with Gasteiger partial charge in [-0.2, -0.15) is 13.2 Å². The molecular weight excluding hydrogens is 259 g/mol. The topological polar surface area (TPSA) is 67.1 Å². The van der Waals surface area contributed by atoms with E-state index in [-0.39, 0.29) is 11.6 Å². The summed E-state index contributed by atoms with van der Waals surface area (Å²) in [6.45, 7) is 2.69. The molecule has 0 saturated carbocycles. The Morgan fingerprint density at radius 1 is 1.32 bits per heavy atom. The van der Waals surface area contributed by atoms with Crippen LogP contribution in [0, 0.1) is 0 Å². The van der Waals surface area contributed by atoms with Crippen molar-refractivity contribution in [1.82, 2.24) is 9.97 Å². The zero-order valence-electron chi connectivity index (χ0n) is 11.0. The highest BCUT2D eigenvalue weighted by Gasteiger charge is 2.35. The summed E-state index contributed by atoms with van der Waals surface area (Å²) in [6.07, 6.45) is -1.64. The number of hydrogen-bond acceptors (Lipinski definition) is 5. The molecule has 0 radical (unpaired) electrons. The lowest BCUT2D eigenvalue weighted by atomic mass is 10.2. The van der Waals surface area contributed by atoms with Crippen molar-refractivity contribution >= 4 is 11.6 Å². The van der Waals surface area contributed by atoms with Crippen molar-refractivity contribution in [3.63, 3.8) is 0 Å². The third-order valence-corrected chi connectivity index (χ3v) is 2.60. The summed E-state index contributed by atoms with van der Waals surface area (Å²) in [7, 11) is 1.69. The van der Waals surface area contributed by atoms with Crippen molar-refractivity contribution in [1.29, 1.82) is 0 Å². The van der Waals surface area contributed by atoms with Crippen molar-refractivity contribution < 1.29 is 13.2 Å². The Morgan fingerprint density at radius 2 is 2.00 bits per heavy atom. The second-order valence-electron chi connectivity index (χ2n) is 4.21. The number of rotatable bonds is 6. The Morgan fingerprint density at radius 3 is 2.53 bits per heavy atom. The average Bonchev–Trinajstić information content (AvgIpc) is 2.37. The molecule has 0 aliphatic heterocycles. The van der Waals surface area contributed by atoms with Gasteiger partial charge in [-0.3, -0.25) is 0 Å². The van der Waals surface area contributed by atoms with Crippen LogP contribution in [0.3, 0.4) is 0 Å². The fraction of sp³-hybridized carbons (Fsp3) is 0.636. The van der Waals surface area contributed by atoms with Crippen LogP contribution in [0.15, 0.2) is 6.07 Å². The monoisotopic (exact) mass is 277 g/mol. The van der Waals surface area contributed by atoms with Gasteiger partial charge in [-0.1, -0.05) is 19.8 Å². The lowest BCUT2D eigenvalue weighted by Gasteiger charge is -2.19. The van der Waals surface area contributed by atoms with E-state index in [2.05, 4.69) is 22.3 Å². The van der Waals surface area contributed by atoms with Crippen LogP contribution in [0.4, 0.5) is 24.8 Å². The maximum atomic E-state index is 12.6. The first kappa shape index (κ1) is 15.5. The number of aromatic nitrogens is 2. The minimum Gasteiger partial charge on any atom is -0.360 e. The fourth-order valence-electron chi connectivity index (χ4n) is 1.54. The number of alkyl halides is 3. The molecule has 1 aromatic heterocycles. The lowest BCUT2D eigenvalue weighted by molar-refractivity contribution is -0.144. The fourth-order valence-corrected chi connectivity index (χ4v) is 1.54. The molecule has 0 aliphatic carbocycles. The number of nitrogens with two attached hydrogens (primary N) is 1. The van der Waals surface area contributed by atoms with E-state index in [1.54, 1.807) is 11.9 Å². The molecule has 1 rings (SSSR count). The van der Waals surface area contributed by atoms with E-state index in [1.807, 2.05) is 0 Å². The molecule has 0 amide bonds. The minimum atomic E-state index is -4.59. The number of unbranched alkanes of at least 4 members (excludes halogenated alkanes) is 2. The van der Waals surface area contributed by atoms with Gasteiger partial charge >= 0.3 is 6.18 Å². The van der Waals surface area contributed by atoms with Gasteiger partial charge in [0.05, 0.1) is 0 Å². The second-order valence-corrected chi connectivity index (χ2v) is 4.21. The summed E-state index contributed by atoms with van der Waals surface area (Å²) in [6, 6.07) is 1.39. The molecule has 0 bridgehead atoms. The van der Waals surface area contributed by atoms with E-state index >= 15 is 0 Å². The largest absolute Gasteiger partial charge is 0.451 e. The van der Waals surface area contributed by atoms with Crippen LogP contribution in [0.2, 0.25) is 0 Å². The number of anilines is 2. The number of hydrogen-bond donors (Lipinski definition) is 2. The van der Waals surface area contributed by atoms with E-state index in [0.717, 1.165) is 19.3 Å². The molecule has 0 spiro atoms. The second kappa shape index (κ2) is 6.55. The summed E-state index contributed by atoms with van der Waals surface area (Å²) in [5, 5.41) is 0. The van der Waals surface area contributed by atoms with E-state index in [1.165, 1.54) is 6.07 Å². The number of nitrogens with one attached hydrogen (secondary N) is 1. The van der Waals surface area contributed by atoms with Crippen LogP contribution < -0.4 is 16.2 Å². The first-order valence-electron chi connectivity index (χ1n) is 6.02. The molecule has 0 aromatic carbocycles. The van der Waals surface area contributed by atoms with Crippen LogP contribution in [0.5, 0.6) is 0 Å². The van der Waals surface area contributed by atoms with Gasteiger partial charge in [0.15, 0.2) is 0 Å². The smallest absolute Gasteiger partial charge is 0.360 e. The average molecular weight is 277 g/mol. The number of halogens is 3.